The van der Waals surface area contributed by atoms with Gasteiger partial charge in [-0.25, -0.2) is 4.39 Å². The zero-order valence-corrected chi connectivity index (χ0v) is 9.64. The minimum absolute atomic E-state index is 0.132. The maximum absolute atomic E-state index is 13.7. The van der Waals surface area contributed by atoms with Gasteiger partial charge in [0.25, 0.3) is 0 Å². The van der Waals surface area contributed by atoms with Crippen molar-refractivity contribution in [1.82, 2.24) is 5.32 Å². The van der Waals surface area contributed by atoms with Crippen LogP contribution in [0.25, 0.3) is 0 Å². The number of hydrogen-bond acceptors (Lipinski definition) is 3. The molecule has 2 rings (SSSR count). The highest BCUT2D eigenvalue weighted by molar-refractivity contribution is 5.87. The number of halogens is 1. The second-order valence-electron chi connectivity index (χ2n) is 4.08. The van der Waals surface area contributed by atoms with Crippen molar-refractivity contribution in [1.29, 1.82) is 0 Å². The van der Waals surface area contributed by atoms with E-state index in [1.54, 1.807) is 0 Å². The largest absolute Gasteiger partial charge is 0.497 e. The van der Waals surface area contributed by atoms with E-state index in [-0.39, 0.29) is 12.0 Å². The Morgan fingerprint density at radius 1 is 1.56 bits per heavy atom. The van der Waals surface area contributed by atoms with Gasteiger partial charge in [0.15, 0.2) is 0 Å². The average Bonchev–Trinajstić information content (AvgIpc) is 2.72. The lowest BCUT2D eigenvalue weighted by atomic mass is 9.94. The molecular weight excluding hydrogens is 241 g/mol. The molecule has 6 heteroatoms. The van der Waals surface area contributed by atoms with Gasteiger partial charge in [-0.15, -0.1) is 0 Å². The molecule has 2 atom stereocenters. The summed E-state index contributed by atoms with van der Waals surface area (Å²) in [5.41, 5.74) is 0.132. The zero-order valence-electron chi connectivity index (χ0n) is 9.64. The summed E-state index contributed by atoms with van der Waals surface area (Å²) >= 11 is 0. The van der Waals surface area contributed by atoms with Crippen molar-refractivity contribution >= 4 is 11.9 Å². The lowest BCUT2D eigenvalue weighted by molar-refractivity contribution is -0.142. The fourth-order valence-corrected chi connectivity index (χ4v) is 2.06. The number of nitrogens with one attached hydrogen (secondary N) is 1. The molecule has 1 aliphatic rings. The van der Waals surface area contributed by atoms with Gasteiger partial charge in [-0.1, -0.05) is 0 Å². The fraction of sp³-hybridized carbons (Fsp3) is 0.333. The molecule has 1 fully saturated rings. The van der Waals surface area contributed by atoms with Gasteiger partial charge in [-0.05, 0) is 18.2 Å². The van der Waals surface area contributed by atoms with Crippen LogP contribution >= 0.6 is 0 Å². The summed E-state index contributed by atoms with van der Waals surface area (Å²) in [6.45, 7) is 0. The molecule has 1 aromatic carbocycles. The summed E-state index contributed by atoms with van der Waals surface area (Å²) in [6.07, 6.45) is -0.142. The van der Waals surface area contributed by atoms with Crippen LogP contribution in [0.15, 0.2) is 18.2 Å². The quantitative estimate of drug-likeness (QED) is 0.845. The van der Waals surface area contributed by atoms with Gasteiger partial charge in [0.1, 0.15) is 11.6 Å². The maximum atomic E-state index is 13.7. The van der Waals surface area contributed by atoms with E-state index in [9.17, 15) is 14.0 Å². The number of carboxylic acids is 1. The van der Waals surface area contributed by atoms with Crippen LogP contribution in [0, 0.1) is 11.7 Å². The van der Waals surface area contributed by atoms with E-state index in [0.717, 1.165) is 0 Å². The highest BCUT2D eigenvalue weighted by atomic mass is 19.1. The summed E-state index contributed by atoms with van der Waals surface area (Å²) in [5, 5.41) is 11.5. The molecule has 1 aromatic rings. The Morgan fingerprint density at radius 2 is 2.28 bits per heavy atom. The molecule has 0 radical (unpaired) electrons. The number of carbonyl (C=O) groups excluding carboxylic acids is 1. The Balaban J connectivity index is 2.40. The smallest absolute Gasteiger partial charge is 0.309 e. The van der Waals surface area contributed by atoms with Gasteiger partial charge in [0, 0.05) is 12.0 Å². The van der Waals surface area contributed by atoms with Gasteiger partial charge in [-0.2, -0.15) is 0 Å². The highest BCUT2D eigenvalue weighted by Crippen LogP contribution is 2.33. The Morgan fingerprint density at radius 3 is 2.89 bits per heavy atom. The number of amides is 1. The molecule has 1 heterocycles. The highest BCUT2D eigenvalue weighted by Gasteiger charge is 2.39. The second-order valence-corrected chi connectivity index (χ2v) is 4.08. The monoisotopic (exact) mass is 253 g/mol. The molecule has 1 saturated heterocycles. The maximum Gasteiger partial charge on any atom is 0.309 e. The van der Waals surface area contributed by atoms with Crippen molar-refractivity contribution in [2.75, 3.05) is 7.11 Å². The van der Waals surface area contributed by atoms with E-state index < -0.39 is 29.7 Å². The Bertz CT molecular complexity index is 503. The summed E-state index contributed by atoms with van der Waals surface area (Å²) in [7, 11) is 1.43. The van der Waals surface area contributed by atoms with E-state index >= 15 is 0 Å². The molecule has 2 N–H and O–H groups in total. The fourth-order valence-electron chi connectivity index (χ4n) is 2.06. The molecule has 18 heavy (non-hydrogen) atoms. The summed E-state index contributed by atoms with van der Waals surface area (Å²) in [6, 6.07) is 3.18. The first-order chi connectivity index (χ1) is 8.52. The molecule has 1 aliphatic heterocycles. The van der Waals surface area contributed by atoms with Crippen LogP contribution < -0.4 is 10.1 Å². The normalized spacial score (nSPS) is 22.7. The minimum atomic E-state index is -1.12. The van der Waals surface area contributed by atoms with E-state index in [0.29, 0.717) is 5.75 Å². The van der Waals surface area contributed by atoms with Crippen LogP contribution in [0.5, 0.6) is 5.75 Å². The molecule has 0 spiro atoms. The lowest BCUT2D eigenvalue weighted by Gasteiger charge is -2.17. The summed E-state index contributed by atoms with van der Waals surface area (Å²) in [5.74, 6) is -2.62. The molecule has 0 saturated carbocycles. The Kier molecular flexibility index (Phi) is 3.18. The average molecular weight is 253 g/mol. The van der Waals surface area contributed by atoms with Gasteiger partial charge in [0.05, 0.1) is 19.1 Å². The third-order valence-corrected chi connectivity index (χ3v) is 2.98. The summed E-state index contributed by atoms with van der Waals surface area (Å²) in [4.78, 5) is 22.3. The molecule has 0 bridgehead atoms. The van der Waals surface area contributed by atoms with Crippen molar-refractivity contribution in [2.24, 2.45) is 5.92 Å². The first-order valence-corrected chi connectivity index (χ1v) is 5.38. The number of rotatable bonds is 3. The number of methoxy groups -OCH3 is 1. The first kappa shape index (κ1) is 12.3. The van der Waals surface area contributed by atoms with Crippen LogP contribution in [0.2, 0.25) is 0 Å². The predicted molar refractivity (Wildman–Crippen MR) is 59.6 cm³/mol. The van der Waals surface area contributed by atoms with Crippen molar-refractivity contribution in [3.8, 4) is 5.75 Å². The predicted octanol–water partition coefficient (Wildman–Crippen LogP) is 1.10. The van der Waals surface area contributed by atoms with Crippen LogP contribution in [0.3, 0.4) is 0 Å². The van der Waals surface area contributed by atoms with Crippen molar-refractivity contribution < 1.29 is 23.8 Å². The lowest BCUT2D eigenvalue weighted by Crippen LogP contribution is -2.25. The van der Waals surface area contributed by atoms with Crippen LogP contribution in [0.1, 0.15) is 18.0 Å². The van der Waals surface area contributed by atoms with E-state index in [2.05, 4.69) is 5.32 Å². The minimum Gasteiger partial charge on any atom is -0.497 e. The third-order valence-electron chi connectivity index (χ3n) is 2.98. The molecule has 1 amide bonds. The molecule has 5 nitrogen and oxygen atoms in total. The van der Waals surface area contributed by atoms with Crippen molar-refractivity contribution in [3.63, 3.8) is 0 Å². The standard InChI is InChI=1S/C12H12FNO4/c1-18-6-2-3-9(13)7(4-6)11-8(12(16)17)5-10(15)14-11/h2-4,8,11H,5H2,1H3,(H,14,15)(H,16,17)/t8-,11+/m1/s1. The SMILES string of the molecule is COc1ccc(F)c([C@@H]2NC(=O)C[C@H]2C(=O)O)c1. The van der Waals surface area contributed by atoms with Crippen LogP contribution in [-0.4, -0.2) is 24.1 Å². The Labute approximate surface area is 103 Å². The van der Waals surface area contributed by atoms with Crippen LogP contribution in [-0.2, 0) is 9.59 Å². The van der Waals surface area contributed by atoms with E-state index in [4.69, 9.17) is 9.84 Å². The van der Waals surface area contributed by atoms with Gasteiger partial charge < -0.3 is 15.2 Å². The number of ether oxygens (including phenoxy) is 1. The van der Waals surface area contributed by atoms with E-state index in [1.807, 2.05) is 0 Å². The molecule has 0 unspecified atom stereocenters. The zero-order chi connectivity index (χ0) is 13.3. The third kappa shape index (κ3) is 2.13. The number of benzene rings is 1. The van der Waals surface area contributed by atoms with Crippen molar-refractivity contribution in [2.45, 2.75) is 12.5 Å². The van der Waals surface area contributed by atoms with Gasteiger partial charge in [0.2, 0.25) is 5.91 Å². The number of carbonyl (C=O) groups is 2. The number of hydrogen-bond donors (Lipinski definition) is 2. The van der Waals surface area contributed by atoms with Gasteiger partial charge in [-0.3, -0.25) is 9.59 Å². The van der Waals surface area contributed by atoms with Crippen molar-refractivity contribution in [3.05, 3.63) is 29.6 Å². The topological polar surface area (TPSA) is 75.6 Å². The van der Waals surface area contributed by atoms with Gasteiger partial charge >= 0.3 is 5.97 Å². The second kappa shape index (κ2) is 4.64. The number of aliphatic carboxylic acids is 1. The first-order valence-electron chi connectivity index (χ1n) is 5.38. The number of carboxylic acid groups (broad SMARTS) is 1. The molecule has 0 aliphatic carbocycles. The van der Waals surface area contributed by atoms with Crippen LogP contribution in [0.4, 0.5) is 4.39 Å². The molecule has 96 valence electrons. The molecular formula is C12H12FNO4. The Hall–Kier alpha value is -2.11. The summed E-state index contributed by atoms with van der Waals surface area (Å²) < 4.78 is 18.7. The van der Waals surface area contributed by atoms with E-state index in [1.165, 1.54) is 25.3 Å². The molecule has 0 aromatic heterocycles.